The normalized spacial score (nSPS) is 10.5. The largest absolute Gasteiger partial charge is 0.452 e. The molecule has 2 amide bonds. The third kappa shape index (κ3) is 4.37. The van der Waals surface area contributed by atoms with Gasteiger partial charge in [0.1, 0.15) is 5.00 Å². The van der Waals surface area contributed by atoms with Gasteiger partial charge in [-0.05, 0) is 42.3 Å². The van der Waals surface area contributed by atoms with Gasteiger partial charge >= 0.3 is 5.97 Å². The molecule has 1 heterocycles. The number of benzene rings is 2. The number of rotatable bonds is 5. The Morgan fingerprint density at radius 1 is 1.00 bits per heavy atom. The lowest BCUT2D eigenvalue weighted by Gasteiger charge is -2.09. The Balaban J connectivity index is 1.65. The molecule has 7 heteroatoms. The summed E-state index contributed by atoms with van der Waals surface area (Å²) in [6.07, 6.45) is 0. The molecule has 0 spiro atoms. The molecule has 0 unspecified atom stereocenters. The summed E-state index contributed by atoms with van der Waals surface area (Å²) in [5.41, 5.74) is 1.64. The topological polar surface area (TPSA) is 84.5 Å². The maximum absolute atomic E-state index is 12.5. The highest BCUT2D eigenvalue weighted by molar-refractivity contribution is 7.16. The van der Waals surface area contributed by atoms with Gasteiger partial charge in [-0.1, -0.05) is 30.3 Å². The number of aryl methyl sites for hydroxylation is 1. The fourth-order valence-corrected chi connectivity index (χ4v) is 3.88. The highest BCUT2D eigenvalue weighted by atomic mass is 32.1. The molecule has 0 aliphatic rings. The number of carbonyl (C=O) groups is 3. The van der Waals surface area contributed by atoms with E-state index < -0.39 is 18.5 Å². The molecular weight excluding hydrogens is 376 g/mol. The van der Waals surface area contributed by atoms with Gasteiger partial charge in [0.15, 0.2) is 6.61 Å². The number of ether oxygens (including phenoxy) is 1. The first kappa shape index (κ1) is 19.6. The number of hydrogen-bond acceptors (Lipinski definition) is 5. The van der Waals surface area contributed by atoms with E-state index in [1.54, 1.807) is 13.0 Å². The molecule has 0 bridgehead atoms. The Hall–Kier alpha value is -3.19. The van der Waals surface area contributed by atoms with Crippen LogP contribution < -0.4 is 10.6 Å². The fourth-order valence-electron chi connectivity index (χ4n) is 2.79. The molecule has 2 aromatic carbocycles. The minimum absolute atomic E-state index is 0.274. The van der Waals surface area contributed by atoms with Crippen LogP contribution >= 0.6 is 11.3 Å². The second kappa shape index (κ2) is 8.22. The van der Waals surface area contributed by atoms with E-state index in [1.165, 1.54) is 18.3 Å². The number of carbonyl (C=O) groups excluding carboxylic acids is 3. The van der Waals surface area contributed by atoms with Crippen LogP contribution in [0.25, 0.3) is 10.8 Å². The van der Waals surface area contributed by atoms with E-state index in [9.17, 15) is 14.4 Å². The van der Waals surface area contributed by atoms with Gasteiger partial charge in [0.2, 0.25) is 5.91 Å². The van der Waals surface area contributed by atoms with E-state index in [0.29, 0.717) is 10.7 Å². The van der Waals surface area contributed by atoms with E-state index in [4.69, 9.17) is 4.74 Å². The van der Waals surface area contributed by atoms with Crippen molar-refractivity contribution in [3.05, 3.63) is 58.5 Å². The summed E-state index contributed by atoms with van der Waals surface area (Å²) in [4.78, 5) is 36.9. The molecule has 0 radical (unpaired) electrons. The van der Waals surface area contributed by atoms with E-state index >= 15 is 0 Å². The molecule has 3 aromatic rings. The van der Waals surface area contributed by atoms with E-state index in [1.807, 2.05) is 43.3 Å². The smallest absolute Gasteiger partial charge is 0.341 e. The van der Waals surface area contributed by atoms with Gasteiger partial charge in [0.05, 0.1) is 5.56 Å². The Bertz CT molecular complexity index is 1070. The first-order chi connectivity index (χ1) is 13.3. The Morgan fingerprint density at radius 3 is 2.43 bits per heavy atom. The summed E-state index contributed by atoms with van der Waals surface area (Å²) in [6.45, 7) is 4.59. The Morgan fingerprint density at radius 2 is 1.71 bits per heavy atom. The standard InChI is InChI=1S/C21H20N2O4S/c1-12-13(2)28-20(22-14(3)24)19(12)21(26)27-11-18(25)23-17-9-8-15-6-4-5-7-16(15)10-17/h4-10H,11H2,1-3H3,(H,22,24)(H,23,25). The van der Waals surface area contributed by atoms with Crippen molar-refractivity contribution in [1.82, 2.24) is 0 Å². The van der Waals surface area contributed by atoms with Gasteiger partial charge in [-0.3, -0.25) is 9.59 Å². The van der Waals surface area contributed by atoms with E-state index in [0.717, 1.165) is 21.2 Å². The molecule has 144 valence electrons. The number of esters is 1. The van der Waals surface area contributed by atoms with Crippen LogP contribution in [-0.2, 0) is 14.3 Å². The molecule has 0 fully saturated rings. The minimum atomic E-state index is -0.640. The number of hydrogen-bond donors (Lipinski definition) is 2. The van der Waals surface area contributed by atoms with Gasteiger partial charge in [-0.15, -0.1) is 11.3 Å². The van der Waals surface area contributed by atoms with Crippen molar-refractivity contribution in [1.29, 1.82) is 0 Å². The van der Waals surface area contributed by atoms with Crippen molar-refractivity contribution < 1.29 is 19.1 Å². The van der Waals surface area contributed by atoms with Crippen molar-refractivity contribution in [2.45, 2.75) is 20.8 Å². The van der Waals surface area contributed by atoms with Crippen LogP contribution in [0.15, 0.2) is 42.5 Å². The number of thiophene rings is 1. The summed E-state index contributed by atoms with van der Waals surface area (Å²) in [7, 11) is 0. The van der Waals surface area contributed by atoms with Crippen LogP contribution in [0.3, 0.4) is 0 Å². The SMILES string of the molecule is CC(=O)Nc1sc(C)c(C)c1C(=O)OCC(=O)Nc1ccc2ccccc2c1. The predicted molar refractivity (Wildman–Crippen MR) is 111 cm³/mol. The third-order valence-corrected chi connectivity index (χ3v) is 5.37. The maximum atomic E-state index is 12.5. The molecule has 1 aromatic heterocycles. The van der Waals surface area contributed by atoms with Crippen molar-refractivity contribution >= 4 is 50.6 Å². The van der Waals surface area contributed by atoms with Crippen molar-refractivity contribution in [3.8, 4) is 0 Å². The number of fused-ring (bicyclic) bond motifs is 1. The van der Waals surface area contributed by atoms with Crippen LogP contribution in [0.4, 0.5) is 10.7 Å². The lowest BCUT2D eigenvalue weighted by atomic mass is 10.1. The molecule has 0 saturated heterocycles. The first-order valence-corrected chi connectivity index (χ1v) is 9.50. The quantitative estimate of drug-likeness (QED) is 0.631. The van der Waals surface area contributed by atoms with Gasteiger partial charge < -0.3 is 15.4 Å². The summed E-state index contributed by atoms with van der Waals surface area (Å²) in [5, 5.41) is 7.87. The van der Waals surface area contributed by atoms with E-state index in [2.05, 4.69) is 10.6 Å². The van der Waals surface area contributed by atoms with Crippen LogP contribution in [0.1, 0.15) is 27.7 Å². The predicted octanol–water partition coefficient (Wildman–Crippen LogP) is 4.27. The summed E-state index contributed by atoms with van der Waals surface area (Å²) < 4.78 is 5.17. The monoisotopic (exact) mass is 396 g/mol. The minimum Gasteiger partial charge on any atom is -0.452 e. The molecule has 0 aliphatic heterocycles. The molecule has 0 saturated carbocycles. The molecule has 2 N–H and O–H groups in total. The van der Waals surface area contributed by atoms with Crippen LogP contribution in [0.2, 0.25) is 0 Å². The zero-order valence-corrected chi connectivity index (χ0v) is 16.6. The number of nitrogens with one attached hydrogen (secondary N) is 2. The summed E-state index contributed by atoms with van der Waals surface area (Å²) in [5.74, 6) is -1.35. The zero-order valence-electron chi connectivity index (χ0n) is 15.8. The third-order valence-electron chi connectivity index (χ3n) is 4.25. The van der Waals surface area contributed by atoms with Crippen LogP contribution in [0, 0.1) is 13.8 Å². The van der Waals surface area contributed by atoms with Crippen LogP contribution in [-0.4, -0.2) is 24.4 Å². The van der Waals surface area contributed by atoms with Gasteiger partial charge in [0.25, 0.3) is 5.91 Å². The number of anilines is 2. The fraction of sp³-hybridized carbons (Fsp3) is 0.190. The average Bonchev–Trinajstić information content (AvgIpc) is 2.92. The Labute approximate surface area is 166 Å². The van der Waals surface area contributed by atoms with Crippen LogP contribution in [0.5, 0.6) is 0 Å². The van der Waals surface area contributed by atoms with E-state index in [-0.39, 0.29) is 11.5 Å². The molecule has 28 heavy (non-hydrogen) atoms. The average molecular weight is 396 g/mol. The maximum Gasteiger partial charge on any atom is 0.341 e. The summed E-state index contributed by atoms with van der Waals surface area (Å²) in [6, 6.07) is 13.4. The van der Waals surface area contributed by atoms with Gasteiger partial charge in [-0.2, -0.15) is 0 Å². The molecule has 6 nitrogen and oxygen atoms in total. The highest BCUT2D eigenvalue weighted by Gasteiger charge is 2.22. The van der Waals surface area contributed by atoms with Gasteiger partial charge in [0, 0.05) is 17.5 Å². The first-order valence-electron chi connectivity index (χ1n) is 8.68. The second-order valence-corrected chi connectivity index (χ2v) is 7.58. The number of amides is 2. The lowest BCUT2D eigenvalue weighted by molar-refractivity contribution is -0.119. The lowest BCUT2D eigenvalue weighted by Crippen LogP contribution is -2.21. The van der Waals surface area contributed by atoms with Gasteiger partial charge in [-0.25, -0.2) is 4.79 Å². The van der Waals surface area contributed by atoms with Crippen molar-refractivity contribution in [3.63, 3.8) is 0 Å². The molecule has 0 aliphatic carbocycles. The molecule has 0 atom stereocenters. The molecular formula is C21H20N2O4S. The molecule has 3 rings (SSSR count). The zero-order chi connectivity index (χ0) is 20.3. The van der Waals surface area contributed by atoms with Crippen molar-refractivity contribution in [2.75, 3.05) is 17.2 Å². The summed E-state index contributed by atoms with van der Waals surface area (Å²) >= 11 is 1.30. The van der Waals surface area contributed by atoms with Crippen molar-refractivity contribution in [2.24, 2.45) is 0 Å². The highest BCUT2D eigenvalue weighted by Crippen LogP contribution is 2.33. The Kier molecular flexibility index (Phi) is 5.75. The second-order valence-electron chi connectivity index (χ2n) is 6.35.